The van der Waals surface area contributed by atoms with E-state index in [1.54, 1.807) is 13.1 Å². The number of carbonyl (C=O) groups excluding carboxylic acids is 1. The number of halogens is 3. The molecule has 1 amide bonds. The van der Waals surface area contributed by atoms with Crippen molar-refractivity contribution in [1.82, 2.24) is 4.90 Å². The molecule has 0 heterocycles. The molecule has 0 saturated heterocycles. The predicted octanol–water partition coefficient (Wildman–Crippen LogP) is 4.69. The van der Waals surface area contributed by atoms with Crippen LogP contribution in [-0.4, -0.2) is 17.9 Å². The van der Waals surface area contributed by atoms with Gasteiger partial charge in [-0.2, -0.15) is 13.2 Å². The van der Waals surface area contributed by atoms with Crippen LogP contribution in [0.5, 0.6) is 0 Å². The minimum Gasteiger partial charge on any atom is -0.338 e. The lowest BCUT2D eigenvalue weighted by molar-refractivity contribution is -0.137. The highest BCUT2D eigenvalue weighted by molar-refractivity contribution is 5.91. The topological polar surface area (TPSA) is 20.3 Å². The van der Waals surface area contributed by atoms with E-state index in [9.17, 15) is 18.0 Å². The van der Waals surface area contributed by atoms with E-state index in [-0.39, 0.29) is 12.5 Å². The van der Waals surface area contributed by atoms with E-state index in [1.165, 1.54) is 23.1 Å². The van der Waals surface area contributed by atoms with Gasteiger partial charge in [-0.15, -0.1) is 0 Å². The zero-order chi connectivity index (χ0) is 17.7. The minimum absolute atomic E-state index is 0.213. The van der Waals surface area contributed by atoms with Crippen molar-refractivity contribution in [2.75, 3.05) is 7.05 Å². The van der Waals surface area contributed by atoms with Gasteiger partial charge in [-0.25, -0.2) is 0 Å². The number of hydrogen-bond acceptors (Lipinski definition) is 1. The maximum atomic E-state index is 12.5. The number of hydrogen-bond donors (Lipinski definition) is 0. The Hall–Kier alpha value is -2.56. The van der Waals surface area contributed by atoms with Crippen molar-refractivity contribution < 1.29 is 18.0 Å². The highest BCUT2D eigenvalue weighted by atomic mass is 19.4. The number of benzene rings is 2. The first kappa shape index (κ1) is 17.8. The fourth-order valence-corrected chi connectivity index (χ4v) is 2.12. The second-order valence-electron chi connectivity index (χ2n) is 5.63. The van der Waals surface area contributed by atoms with Crippen LogP contribution in [0.3, 0.4) is 0 Å². The van der Waals surface area contributed by atoms with Gasteiger partial charge in [0.25, 0.3) is 0 Å². The van der Waals surface area contributed by atoms with Gasteiger partial charge < -0.3 is 4.90 Å². The van der Waals surface area contributed by atoms with E-state index in [1.807, 2.05) is 31.2 Å². The summed E-state index contributed by atoms with van der Waals surface area (Å²) >= 11 is 0. The van der Waals surface area contributed by atoms with Crippen molar-refractivity contribution in [3.63, 3.8) is 0 Å². The Morgan fingerprint density at radius 1 is 1.04 bits per heavy atom. The zero-order valence-corrected chi connectivity index (χ0v) is 13.5. The van der Waals surface area contributed by atoms with Crippen molar-refractivity contribution in [3.05, 3.63) is 76.9 Å². The average molecular weight is 333 g/mol. The largest absolute Gasteiger partial charge is 0.416 e. The first-order chi connectivity index (χ1) is 11.3. The van der Waals surface area contributed by atoms with E-state index in [0.717, 1.165) is 23.3 Å². The molecule has 0 saturated carbocycles. The van der Waals surface area contributed by atoms with E-state index in [2.05, 4.69) is 0 Å². The second-order valence-corrected chi connectivity index (χ2v) is 5.63. The fourth-order valence-electron chi connectivity index (χ4n) is 2.12. The monoisotopic (exact) mass is 333 g/mol. The lowest BCUT2D eigenvalue weighted by atomic mass is 10.1. The molecular weight excluding hydrogens is 315 g/mol. The molecule has 0 unspecified atom stereocenters. The molecule has 0 bridgehead atoms. The van der Waals surface area contributed by atoms with E-state index >= 15 is 0 Å². The standard InChI is InChI=1S/C19H18F3NO/c1-14-3-5-15(6-4-14)9-12-18(24)23(2)13-16-7-10-17(11-8-16)19(20,21)22/h3-12H,13H2,1-2H3/b12-9+. The molecule has 0 aromatic heterocycles. The van der Waals surface area contributed by atoms with Crippen molar-refractivity contribution in [3.8, 4) is 0 Å². The van der Waals surface area contributed by atoms with Gasteiger partial charge in [0.2, 0.25) is 5.91 Å². The molecule has 5 heteroatoms. The summed E-state index contributed by atoms with van der Waals surface area (Å²) < 4.78 is 37.6. The summed E-state index contributed by atoms with van der Waals surface area (Å²) in [5.74, 6) is -0.213. The third-order valence-corrected chi connectivity index (χ3v) is 3.57. The Kier molecular flexibility index (Phi) is 5.44. The minimum atomic E-state index is -4.35. The first-order valence-corrected chi connectivity index (χ1v) is 7.42. The maximum Gasteiger partial charge on any atom is 0.416 e. The van der Waals surface area contributed by atoms with E-state index in [4.69, 9.17) is 0 Å². The summed E-state index contributed by atoms with van der Waals surface area (Å²) in [6.45, 7) is 2.23. The molecule has 0 radical (unpaired) electrons. The quantitative estimate of drug-likeness (QED) is 0.744. The number of aryl methyl sites for hydroxylation is 1. The molecular formula is C19H18F3NO. The number of alkyl halides is 3. The lowest BCUT2D eigenvalue weighted by Gasteiger charge is -2.16. The maximum absolute atomic E-state index is 12.5. The summed E-state index contributed by atoms with van der Waals surface area (Å²) in [5.41, 5.74) is 2.00. The Balaban J connectivity index is 1.97. The summed E-state index contributed by atoms with van der Waals surface area (Å²) in [4.78, 5) is 13.5. The molecule has 126 valence electrons. The lowest BCUT2D eigenvalue weighted by Crippen LogP contribution is -2.24. The van der Waals surface area contributed by atoms with Gasteiger partial charge in [0.1, 0.15) is 0 Å². The molecule has 2 aromatic rings. The van der Waals surface area contributed by atoms with Crippen LogP contribution >= 0.6 is 0 Å². The van der Waals surface area contributed by atoms with Gasteiger partial charge in [0.05, 0.1) is 5.56 Å². The Morgan fingerprint density at radius 2 is 1.62 bits per heavy atom. The molecule has 0 aliphatic carbocycles. The van der Waals surface area contributed by atoms with Gasteiger partial charge >= 0.3 is 6.18 Å². The number of rotatable bonds is 4. The van der Waals surface area contributed by atoms with Crippen LogP contribution in [-0.2, 0) is 17.5 Å². The van der Waals surface area contributed by atoms with Gasteiger partial charge in [0.15, 0.2) is 0 Å². The predicted molar refractivity (Wildman–Crippen MR) is 88.1 cm³/mol. The molecule has 0 aliphatic heterocycles. The summed E-state index contributed by atoms with van der Waals surface area (Å²) in [6, 6.07) is 12.5. The van der Waals surface area contributed by atoms with Gasteiger partial charge in [-0.1, -0.05) is 42.0 Å². The molecule has 2 nitrogen and oxygen atoms in total. The Labute approximate surface area is 139 Å². The highest BCUT2D eigenvalue weighted by Crippen LogP contribution is 2.29. The molecule has 0 spiro atoms. The van der Waals surface area contributed by atoms with Gasteiger partial charge in [-0.05, 0) is 36.3 Å². The number of likely N-dealkylation sites (N-methyl/N-ethyl adjacent to an activating group) is 1. The van der Waals surface area contributed by atoms with E-state index in [0.29, 0.717) is 5.56 Å². The zero-order valence-electron chi connectivity index (χ0n) is 13.5. The van der Waals surface area contributed by atoms with Crippen LogP contribution in [0.25, 0.3) is 6.08 Å². The van der Waals surface area contributed by atoms with Crippen LogP contribution < -0.4 is 0 Å². The molecule has 24 heavy (non-hydrogen) atoms. The first-order valence-electron chi connectivity index (χ1n) is 7.42. The third kappa shape index (κ3) is 4.98. The number of amides is 1. The van der Waals surface area contributed by atoms with Gasteiger partial charge in [-0.3, -0.25) is 4.79 Å². The summed E-state index contributed by atoms with van der Waals surface area (Å²) in [5, 5.41) is 0. The van der Waals surface area contributed by atoms with Crippen LogP contribution in [0.2, 0.25) is 0 Å². The molecule has 0 fully saturated rings. The number of nitrogens with zero attached hydrogens (tertiary/aromatic N) is 1. The van der Waals surface area contributed by atoms with Gasteiger partial charge in [0, 0.05) is 19.7 Å². The Bertz CT molecular complexity index is 716. The van der Waals surface area contributed by atoms with Crippen LogP contribution in [0.15, 0.2) is 54.6 Å². The third-order valence-electron chi connectivity index (χ3n) is 3.57. The number of carbonyl (C=O) groups is 1. The second kappa shape index (κ2) is 7.34. The average Bonchev–Trinajstić information content (AvgIpc) is 2.53. The summed E-state index contributed by atoms with van der Waals surface area (Å²) in [7, 11) is 1.61. The van der Waals surface area contributed by atoms with Crippen LogP contribution in [0, 0.1) is 6.92 Å². The van der Waals surface area contributed by atoms with Crippen LogP contribution in [0.4, 0.5) is 13.2 Å². The molecule has 0 atom stereocenters. The van der Waals surface area contributed by atoms with Crippen molar-refractivity contribution >= 4 is 12.0 Å². The van der Waals surface area contributed by atoms with E-state index < -0.39 is 11.7 Å². The molecule has 0 N–H and O–H groups in total. The van der Waals surface area contributed by atoms with Crippen molar-refractivity contribution in [1.29, 1.82) is 0 Å². The molecule has 2 aromatic carbocycles. The Morgan fingerprint density at radius 3 is 2.17 bits per heavy atom. The summed E-state index contributed by atoms with van der Waals surface area (Å²) in [6.07, 6.45) is -1.18. The van der Waals surface area contributed by atoms with Crippen molar-refractivity contribution in [2.45, 2.75) is 19.6 Å². The molecule has 0 aliphatic rings. The van der Waals surface area contributed by atoms with Crippen molar-refractivity contribution in [2.24, 2.45) is 0 Å². The highest BCUT2D eigenvalue weighted by Gasteiger charge is 2.29. The normalized spacial score (nSPS) is 11.7. The fraction of sp³-hybridized carbons (Fsp3) is 0.211. The smallest absolute Gasteiger partial charge is 0.338 e. The SMILES string of the molecule is Cc1ccc(/C=C/C(=O)N(C)Cc2ccc(C(F)(F)F)cc2)cc1. The molecule has 2 rings (SSSR count). The van der Waals surface area contributed by atoms with Crippen LogP contribution in [0.1, 0.15) is 22.3 Å².